The van der Waals surface area contributed by atoms with Gasteiger partial charge in [-0.1, -0.05) is 88.4 Å². The minimum Gasteiger partial charge on any atom is -0.508 e. The first-order valence-electron chi connectivity index (χ1n) is 21.6. The molecule has 3 aromatic carbocycles. The molecule has 0 saturated heterocycles. The molecule has 1 heterocycles. The van der Waals surface area contributed by atoms with E-state index >= 15 is 9.59 Å². The lowest BCUT2D eigenvalue weighted by atomic mass is 9.58. The Morgan fingerprint density at radius 2 is 1.52 bits per heavy atom. The molecule has 11 nitrogen and oxygen atoms in total. The van der Waals surface area contributed by atoms with Gasteiger partial charge in [-0.05, 0) is 105 Å². The van der Waals surface area contributed by atoms with Crippen LogP contribution in [0.3, 0.4) is 0 Å². The highest BCUT2D eigenvalue weighted by Gasteiger charge is 2.67. The predicted octanol–water partition coefficient (Wildman–Crippen LogP) is 9.62. The zero-order chi connectivity index (χ0) is 44.2. The van der Waals surface area contributed by atoms with Gasteiger partial charge in [0.15, 0.2) is 25.5 Å². The third kappa shape index (κ3) is 7.96. The largest absolute Gasteiger partial charge is 0.508 e. The van der Waals surface area contributed by atoms with Crippen LogP contribution in [0.1, 0.15) is 109 Å². The van der Waals surface area contributed by atoms with E-state index in [1.54, 1.807) is 0 Å². The van der Waals surface area contributed by atoms with Crippen LogP contribution in [0, 0.1) is 11.8 Å². The van der Waals surface area contributed by atoms with Gasteiger partial charge in [-0.3, -0.25) is 14.5 Å². The number of hydrogen-bond donors (Lipinski definition) is 2. The highest BCUT2D eigenvalue weighted by Crippen LogP contribution is 2.60. The van der Waals surface area contributed by atoms with E-state index in [0.717, 1.165) is 34.4 Å². The van der Waals surface area contributed by atoms with Crippen LogP contribution in [0.5, 0.6) is 11.6 Å². The lowest BCUT2D eigenvalue weighted by molar-refractivity contribution is -0.0480. The highest BCUT2D eigenvalue weighted by molar-refractivity contribution is 6.74. The van der Waals surface area contributed by atoms with Crippen molar-refractivity contribution in [3.8, 4) is 11.6 Å². The Balaban J connectivity index is 1.44. The topological polar surface area (TPSA) is 127 Å². The summed E-state index contributed by atoms with van der Waals surface area (Å²) in [6, 6.07) is 20.9. The van der Waals surface area contributed by atoms with Crippen LogP contribution >= 0.6 is 0 Å². The number of ketones is 2. The third-order valence-electron chi connectivity index (χ3n) is 13.7. The molecule has 12 heteroatoms. The molecule has 1 unspecified atom stereocenters. The first kappa shape index (κ1) is 44.3. The van der Waals surface area contributed by atoms with Gasteiger partial charge in [0, 0.05) is 43.4 Å². The van der Waals surface area contributed by atoms with Gasteiger partial charge in [0.1, 0.15) is 30.3 Å². The maximum atomic E-state index is 15.7. The fourth-order valence-corrected chi connectivity index (χ4v) is 10.5. The number of nitrogens with one attached hydrogen (secondary N) is 1. The third-order valence-corrected chi connectivity index (χ3v) is 18.1. The molecule has 3 aliphatic carbocycles. The van der Waals surface area contributed by atoms with Gasteiger partial charge in [-0.25, -0.2) is 0 Å². The second-order valence-electron chi connectivity index (χ2n) is 19.7. The average molecular weight is 849 g/mol. The highest BCUT2D eigenvalue weighted by atomic mass is 28.4. The molecule has 0 bridgehead atoms. The minimum atomic E-state index is -2.89. The summed E-state index contributed by atoms with van der Waals surface area (Å²) >= 11 is 0. The van der Waals surface area contributed by atoms with Gasteiger partial charge in [-0.2, -0.15) is 0 Å². The van der Waals surface area contributed by atoms with Crippen molar-refractivity contribution in [2.24, 2.45) is 11.8 Å². The van der Waals surface area contributed by atoms with Crippen molar-refractivity contribution in [1.82, 2.24) is 15.4 Å². The Bertz CT molecular complexity index is 2310. The summed E-state index contributed by atoms with van der Waals surface area (Å²) < 4.78 is 26.4. The van der Waals surface area contributed by atoms with Gasteiger partial charge in [0.2, 0.25) is 5.78 Å². The van der Waals surface area contributed by atoms with Crippen LogP contribution in [-0.2, 0) is 30.6 Å². The number of anilines is 1. The smallest absolute Gasteiger partial charge is 0.265 e. The first-order valence-corrected chi connectivity index (χ1v) is 24.5. The van der Waals surface area contributed by atoms with E-state index in [-0.39, 0.29) is 52.3 Å². The monoisotopic (exact) mass is 848 g/mol. The van der Waals surface area contributed by atoms with Crippen molar-refractivity contribution in [3.05, 3.63) is 117 Å². The van der Waals surface area contributed by atoms with Crippen molar-refractivity contribution in [3.63, 3.8) is 0 Å². The van der Waals surface area contributed by atoms with Crippen molar-refractivity contribution >= 4 is 25.6 Å². The number of aliphatic hydroxyl groups excluding tert-OH is 1. The predicted molar refractivity (Wildman–Crippen MR) is 241 cm³/mol. The van der Waals surface area contributed by atoms with E-state index in [2.05, 4.69) is 70.0 Å². The molecule has 4 atom stereocenters. The van der Waals surface area contributed by atoms with Crippen LogP contribution < -0.4 is 19.7 Å². The molecule has 1 aromatic heterocycles. The molecule has 61 heavy (non-hydrogen) atoms. The number of Topliss-reactive ketones (excluding diaryl/α,β-unsaturated/α-hetero) is 2. The normalized spacial score (nSPS) is 21.5. The second-order valence-corrected chi connectivity index (χ2v) is 24.4. The lowest BCUT2D eigenvalue weighted by Gasteiger charge is -2.55. The number of ether oxygens (including phenoxy) is 2. The van der Waals surface area contributed by atoms with Gasteiger partial charge in [0.05, 0.1) is 11.6 Å². The van der Waals surface area contributed by atoms with Crippen molar-refractivity contribution < 1.29 is 33.1 Å². The number of aliphatic hydroxyl groups is 1. The van der Waals surface area contributed by atoms with Crippen LogP contribution in [-0.4, -0.2) is 74.4 Å². The second kappa shape index (κ2) is 16.5. The molecule has 2 N–H and O–H groups in total. The first-order chi connectivity index (χ1) is 28.7. The summed E-state index contributed by atoms with van der Waals surface area (Å²) in [7, 11) is 4.99. The number of fused-ring (bicyclic) bond motifs is 4. The van der Waals surface area contributed by atoms with E-state index in [4.69, 9.17) is 18.4 Å². The van der Waals surface area contributed by atoms with E-state index in [0.29, 0.717) is 36.5 Å². The SMILES string of the molecule is CCC(C)(C)NCc1cc(OCc2ccccc2)c2c(c1N(C)C)C[C@H]1C[C@H]3[C@H](N(C)C)c4onc(OCc5ccccc5)c4C(=O)C3(O[Si](C)(C)C(C)(C)C)C(O)=C1C2=O. The maximum Gasteiger partial charge on any atom is 0.265 e. The van der Waals surface area contributed by atoms with E-state index < -0.39 is 37.6 Å². The van der Waals surface area contributed by atoms with Crippen molar-refractivity contribution in [1.29, 1.82) is 0 Å². The molecule has 326 valence electrons. The van der Waals surface area contributed by atoms with Crippen LogP contribution in [0.25, 0.3) is 0 Å². The Hall–Kier alpha value is -4.75. The quantitative estimate of drug-likeness (QED) is 0.118. The molecule has 0 radical (unpaired) electrons. The van der Waals surface area contributed by atoms with Crippen molar-refractivity contribution in [2.75, 3.05) is 33.1 Å². The van der Waals surface area contributed by atoms with Crippen LogP contribution in [0.2, 0.25) is 18.1 Å². The number of carbonyl (C=O) groups is 2. The van der Waals surface area contributed by atoms with Crippen LogP contribution in [0.15, 0.2) is 82.6 Å². The summed E-state index contributed by atoms with van der Waals surface area (Å²) in [6.45, 7) is 17.9. The standard InChI is InChI=1S/C49H64N4O7Si/c1-13-48(5,6)50-27-33-26-36(57-28-30-20-16-14-17-21-30)38-34(40(33)52(7)8)24-32-25-35-41(53(9)10)43-39(46(51-59-43)58-29-31-22-18-15-19-23-31)45(56)49(35,44(55)37(32)42(38)54)60-61(11,12)47(2,3)4/h14-23,26,32,35,41,50,55H,13,24-25,27-29H2,1-12H3/t32-,35-,41-,49?/m0/s1. The fraction of sp³-hybridized carbons (Fsp3) is 0.490. The Morgan fingerprint density at radius 3 is 2.08 bits per heavy atom. The van der Waals surface area contributed by atoms with Gasteiger partial charge in [0.25, 0.3) is 5.88 Å². The van der Waals surface area contributed by atoms with Crippen LogP contribution in [0.4, 0.5) is 5.69 Å². The fourth-order valence-electron chi connectivity index (χ4n) is 9.07. The molecule has 0 amide bonds. The number of aromatic nitrogens is 1. The molecule has 4 aromatic rings. The molecular formula is C49H64N4O7Si. The zero-order valence-corrected chi connectivity index (χ0v) is 39.1. The van der Waals surface area contributed by atoms with E-state index in [1.807, 2.05) is 99.8 Å². The average Bonchev–Trinajstić information content (AvgIpc) is 3.62. The minimum absolute atomic E-state index is 0.0345. The zero-order valence-electron chi connectivity index (χ0n) is 38.1. The van der Waals surface area contributed by atoms with E-state index in [1.165, 1.54) is 0 Å². The van der Waals surface area contributed by atoms with Crippen molar-refractivity contribution in [2.45, 2.75) is 116 Å². The number of hydrogen-bond acceptors (Lipinski definition) is 11. The number of carbonyl (C=O) groups excluding carboxylic acids is 2. The number of nitrogens with zero attached hydrogens (tertiary/aromatic N) is 3. The summed E-state index contributed by atoms with van der Waals surface area (Å²) in [6.07, 6.45) is 1.74. The Morgan fingerprint density at radius 1 is 0.918 bits per heavy atom. The molecule has 3 aliphatic rings. The molecule has 0 fully saturated rings. The summed E-state index contributed by atoms with van der Waals surface area (Å²) in [4.78, 5) is 35.4. The summed E-state index contributed by atoms with van der Waals surface area (Å²) in [5.74, 6) is -1.42. The summed E-state index contributed by atoms with van der Waals surface area (Å²) in [5, 5.41) is 20.9. The molecule has 0 spiro atoms. The Labute approximate surface area is 362 Å². The molecule has 0 saturated carbocycles. The maximum absolute atomic E-state index is 15.7. The number of allylic oxidation sites excluding steroid dienone is 1. The van der Waals surface area contributed by atoms with Gasteiger partial charge < -0.3 is 33.7 Å². The van der Waals surface area contributed by atoms with Gasteiger partial charge >= 0.3 is 0 Å². The molecule has 0 aliphatic heterocycles. The number of benzene rings is 3. The molecular weight excluding hydrogens is 785 g/mol. The summed E-state index contributed by atoms with van der Waals surface area (Å²) in [5.41, 5.74) is 3.37. The van der Waals surface area contributed by atoms with E-state index in [9.17, 15) is 5.11 Å². The van der Waals surface area contributed by atoms with Gasteiger partial charge in [-0.15, -0.1) is 0 Å². The lowest BCUT2D eigenvalue weighted by Crippen LogP contribution is -2.65. The number of rotatable bonds is 14. The Kier molecular flexibility index (Phi) is 12.0. The molecule has 7 rings (SSSR count).